The number of nitrogens with one attached hydrogen (secondary N) is 1. The topological polar surface area (TPSA) is 72.2 Å². The Morgan fingerprint density at radius 3 is 2.48 bits per heavy atom. The SMILES string of the molecule is NC(=S)c1ccc(NS(=O)(=O)c2ccccc2Br)c(Cl)c1. The first-order valence-corrected chi connectivity index (χ1v) is 8.74. The average Bonchev–Trinajstić information content (AvgIpc) is 2.41. The van der Waals surface area contributed by atoms with Crippen LogP contribution in [0.15, 0.2) is 51.8 Å². The third-order valence-corrected chi connectivity index (χ3v) is 5.55. The van der Waals surface area contributed by atoms with E-state index in [1.165, 1.54) is 18.2 Å². The van der Waals surface area contributed by atoms with Gasteiger partial charge in [0.05, 0.1) is 10.7 Å². The van der Waals surface area contributed by atoms with E-state index in [1.807, 2.05) is 0 Å². The molecule has 0 radical (unpaired) electrons. The van der Waals surface area contributed by atoms with Crippen LogP contribution in [0.25, 0.3) is 0 Å². The zero-order valence-corrected chi connectivity index (χ0v) is 14.5. The summed E-state index contributed by atoms with van der Waals surface area (Å²) in [5.41, 5.74) is 6.32. The number of rotatable bonds is 4. The van der Waals surface area contributed by atoms with Crippen molar-refractivity contribution in [2.45, 2.75) is 4.90 Å². The molecule has 0 saturated heterocycles. The number of hydrogen-bond acceptors (Lipinski definition) is 3. The first kappa shape index (κ1) is 16.2. The maximum atomic E-state index is 12.3. The van der Waals surface area contributed by atoms with E-state index in [9.17, 15) is 8.42 Å². The minimum atomic E-state index is -3.75. The highest BCUT2D eigenvalue weighted by molar-refractivity contribution is 9.10. The van der Waals surface area contributed by atoms with Gasteiger partial charge in [0, 0.05) is 10.0 Å². The lowest BCUT2D eigenvalue weighted by Gasteiger charge is -2.11. The molecule has 0 amide bonds. The van der Waals surface area contributed by atoms with E-state index in [0.29, 0.717) is 10.0 Å². The van der Waals surface area contributed by atoms with Gasteiger partial charge in [0.2, 0.25) is 0 Å². The number of anilines is 1. The first-order valence-electron chi connectivity index (χ1n) is 5.68. The summed E-state index contributed by atoms with van der Waals surface area (Å²) in [6, 6.07) is 11.1. The summed E-state index contributed by atoms with van der Waals surface area (Å²) in [7, 11) is -3.75. The molecule has 0 fully saturated rings. The third kappa shape index (κ3) is 3.74. The molecule has 0 atom stereocenters. The highest BCUT2D eigenvalue weighted by atomic mass is 79.9. The number of hydrogen-bond donors (Lipinski definition) is 2. The van der Waals surface area contributed by atoms with Crippen molar-refractivity contribution >= 4 is 60.4 Å². The fraction of sp³-hybridized carbons (Fsp3) is 0. The lowest BCUT2D eigenvalue weighted by atomic mass is 10.2. The minimum Gasteiger partial charge on any atom is -0.389 e. The fourth-order valence-electron chi connectivity index (χ4n) is 1.61. The molecule has 0 heterocycles. The number of nitrogens with two attached hydrogens (primary N) is 1. The predicted octanol–water partition coefficient (Wildman–Crippen LogP) is 3.54. The Kier molecular flexibility index (Phi) is 4.88. The van der Waals surface area contributed by atoms with Gasteiger partial charge in [0.1, 0.15) is 9.88 Å². The summed E-state index contributed by atoms with van der Waals surface area (Å²) in [6.45, 7) is 0. The molecule has 0 spiro atoms. The monoisotopic (exact) mass is 404 g/mol. The highest BCUT2D eigenvalue weighted by Crippen LogP contribution is 2.28. The van der Waals surface area contributed by atoms with Gasteiger partial charge in [-0.15, -0.1) is 0 Å². The Balaban J connectivity index is 2.38. The summed E-state index contributed by atoms with van der Waals surface area (Å²) in [5, 5.41) is 0.218. The minimum absolute atomic E-state index is 0.125. The predicted molar refractivity (Wildman–Crippen MR) is 92.3 cm³/mol. The Morgan fingerprint density at radius 1 is 1.24 bits per heavy atom. The molecule has 110 valence electrons. The van der Waals surface area contributed by atoms with Crippen LogP contribution in [-0.2, 0) is 10.0 Å². The molecule has 0 aliphatic heterocycles. The second kappa shape index (κ2) is 6.31. The first-order chi connectivity index (χ1) is 9.81. The van der Waals surface area contributed by atoms with Crippen LogP contribution in [0.3, 0.4) is 0 Å². The van der Waals surface area contributed by atoms with Crippen molar-refractivity contribution < 1.29 is 8.42 Å². The molecular weight excluding hydrogens is 396 g/mol. The second-order valence-electron chi connectivity index (χ2n) is 4.09. The fourth-order valence-corrected chi connectivity index (χ4v) is 4.11. The molecule has 3 N–H and O–H groups in total. The van der Waals surface area contributed by atoms with Crippen molar-refractivity contribution in [2.24, 2.45) is 5.73 Å². The van der Waals surface area contributed by atoms with Crippen molar-refractivity contribution in [2.75, 3.05) is 4.72 Å². The van der Waals surface area contributed by atoms with Crippen molar-refractivity contribution in [3.05, 3.63) is 57.5 Å². The lowest BCUT2D eigenvalue weighted by molar-refractivity contribution is 0.601. The second-order valence-corrected chi connectivity index (χ2v) is 7.45. The van der Waals surface area contributed by atoms with Crippen molar-refractivity contribution in [3.63, 3.8) is 0 Å². The van der Waals surface area contributed by atoms with E-state index in [0.717, 1.165) is 0 Å². The quantitative estimate of drug-likeness (QED) is 0.763. The van der Waals surface area contributed by atoms with Gasteiger partial charge in [0.15, 0.2) is 0 Å². The molecular formula is C13H10BrClN2O2S2. The highest BCUT2D eigenvalue weighted by Gasteiger charge is 2.18. The summed E-state index contributed by atoms with van der Waals surface area (Å²) in [5.74, 6) is 0. The van der Waals surface area contributed by atoms with Gasteiger partial charge in [0.25, 0.3) is 10.0 Å². The Bertz CT molecular complexity index is 810. The maximum absolute atomic E-state index is 12.3. The average molecular weight is 406 g/mol. The molecule has 2 aromatic carbocycles. The Hall–Kier alpha value is -1.15. The van der Waals surface area contributed by atoms with Crippen molar-refractivity contribution in [1.29, 1.82) is 0 Å². The Morgan fingerprint density at radius 2 is 1.90 bits per heavy atom. The van der Waals surface area contributed by atoms with Gasteiger partial charge in [-0.05, 0) is 46.3 Å². The molecule has 0 unspecified atom stereocenters. The van der Waals surface area contributed by atoms with E-state index >= 15 is 0 Å². The molecule has 2 aromatic rings. The van der Waals surface area contributed by atoms with Crippen LogP contribution < -0.4 is 10.5 Å². The van der Waals surface area contributed by atoms with Gasteiger partial charge in [-0.1, -0.05) is 36.0 Å². The molecule has 0 aliphatic rings. The van der Waals surface area contributed by atoms with Crippen LogP contribution in [0.2, 0.25) is 5.02 Å². The zero-order chi connectivity index (χ0) is 15.6. The lowest BCUT2D eigenvalue weighted by Crippen LogP contribution is -2.14. The molecule has 0 aromatic heterocycles. The van der Waals surface area contributed by atoms with E-state index in [-0.39, 0.29) is 20.6 Å². The molecule has 8 heteroatoms. The summed E-state index contributed by atoms with van der Waals surface area (Å²) < 4.78 is 27.6. The smallest absolute Gasteiger partial charge is 0.263 e. The van der Waals surface area contributed by atoms with Gasteiger partial charge < -0.3 is 5.73 Å². The third-order valence-electron chi connectivity index (χ3n) is 2.62. The van der Waals surface area contributed by atoms with E-state index in [2.05, 4.69) is 20.7 Å². The number of benzene rings is 2. The number of thiocarbonyl (C=S) groups is 1. The van der Waals surface area contributed by atoms with Gasteiger partial charge in [-0.25, -0.2) is 8.42 Å². The van der Waals surface area contributed by atoms with E-state index < -0.39 is 10.0 Å². The number of halogens is 2. The maximum Gasteiger partial charge on any atom is 0.263 e. The molecule has 0 bridgehead atoms. The standard InChI is InChI=1S/C13H10BrClN2O2S2/c14-9-3-1-2-4-12(9)21(18,19)17-11-6-5-8(13(16)20)7-10(11)15/h1-7,17H,(H2,16,20). The van der Waals surface area contributed by atoms with Gasteiger partial charge >= 0.3 is 0 Å². The molecule has 0 aliphatic carbocycles. The van der Waals surface area contributed by atoms with Crippen LogP contribution in [0.1, 0.15) is 5.56 Å². The van der Waals surface area contributed by atoms with Gasteiger partial charge in [-0.2, -0.15) is 0 Å². The largest absolute Gasteiger partial charge is 0.389 e. The summed E-state index contributed by atoms with van der Waals surface area (Å²) in [4.78, 5) is 0.316. The molecule has 0 saturated carbocycles. The number of sulfonamides is 1. The van der Waals surface area contributed by atoms with Crippen molar-refractivity contribution in [3.8, 4) is 0 Å². The van der Waals surface area contributed by atoms with Crippen molar-refractivity contribution in [1.82, 2.24) is 0 Å². The molecule has 2 rings (SSSR count). The summed E-state index contributed by atoms with van der Waals surface area (Å²) in [6.07, 6.45) is 0. The van der Waals surface area contributed by atoms with Crippen LogP contribution in [0.4, 0.5) is 5.69 Å². The molecule has 4 nitrogen and oxygen atoms in total. The Labute approximate surface area is 141 Å². The van der Waals surface area contributed by atoms with Crippen LogP contribution in [0.5, 0.6) is 0 Å². The van der Waals surface area contributed by atoms with Crippen LogP contribution >= 0.6 is 39.7 Å². The van der Waals surface area contributed by atoms with Crippen LogP contribution in [0, 0.1) is 0 Å². The van der Waals surface area contributed by atoms with E-state index in [1.54, 1.807) is 24.3 Å². The van der Waals surface area contributed by atoms with Crippen LogP contribution in [-0.4, -0.2) is 13.4 Å². The summed E-state index contributed by atoms with van der Waals surface area (Å²) >= 11 is 14.1. The van der Waals surface area contributed by atoms with Gasteiger partial charge in [-0.3, -0.25) is 4.72 Å². The molecule has 21 heavy (non-hydrogen) atoms. The zero-order valence-electron chi connectivity index (χ0n) is 10.5. The van der Waals surface area contributed by atoms with E-state index in [4.69, 9.17) is 29.6 Å². The normalized spacial score (nSPS) is 11.1.